The monoisotopic (exact) mass is 263 g/mol. The predicted molar refractivity (Wildman–Crippen MR) is 78.0 cm³/mol. The average Bonchev–Trinajstić information content (AvgIpc) is 2.38. The molecule has 0 aliphatic carbocycles. The minimum absolute atomic E-state index is 0.115. The lowest BCUT2D eigenvalue weighted by Crippen LogP contribution is -2.20. The van der Waals surface area contributed by atoms with Gasteiger partial charge in [0.15, 0.2) is 0 Å². The van der Waals surface area contributed by atoms with Crippen molar-refractivity contribution < 1.29 is 9.90 Å². The summed E-state index contributed by atoms with van der Waals surface area (Å²) in [7, 11) is 0. The van der Waals surface area contributed by atoms with Crippen LogP contribution < -0.4 is 5.73 Å². The maximum atomic E-state index is 10.7. The number of rotatable bonds is 9. The van der Waals surface area contributed by atoms with Crippen LogP contribution in [0.4, 0.5) is 0 Å². The van der Waals surface area contributed by atoms with Crippen molar-refractivity contribution in [1.29, 1.82) is 0 Å². The van der Waals surface area contributed by atoms with Gasteiger partial charge in [0.1, 0.15) is 0 Å². The van der Waals surface area contributed by atoms with E-state index in [9.17, 15) is 4.79 Å². The first-order valence-electron chi connectivity index (χ1n) is 7.07. The number of carbonyl (C=O) groups is 1. The van der Waals surface area contributed by atoms with Gasteiger partial charge in [-0.05, 0) is 43.2 Å². The van der Waals surface area contributed by atoms with Crippen LogP contribution in [-0.2, 0) is 11.2 Å². The lowest BCUT2D eigenvalue weighted by Gasteiger charge is -2.18. The Morgan fingerprint density at radius 1 is 1.32 bits per heavy atom. The predicted octanol–water partition coefficient (Wildman–Crippen LogP) is 3.09. The van der Waals surface area contributed by atoms with E-state index in [1.54, 1.807) is 0 Å². The molecule has 1 aromatic carbocycles. The molecular formula is C16H25NO2. The van der Waals surface area contributed by atoms with Crippen LogP contribution in [0.25, 0.3) is 0 Å². The van der Waals surface area contributed by atoms with Crippen LogP contribution in [0.15, 0.2) is 30.3 Å². The highest BCUT2D eigenvalue weighted by Crippen LogP contribution is 2.20. The molecule has 0 bridgehead atoms. The Balaban J connectivity index is 2.23. The van der Waals surface area contributed by atoms with E-state index in [2.05, 4.69) is 31.2 Å². The SMILES string of the molecule is C[C@H](CCCc1ccccc1)C[C@H](CN)CC(=O)O. The second kappa shape index (κ2) is 8.70. The number of nitrogens with two attached hydrogens (primary N) is 1. The topological polar surface area (TPSA) is 63.3 Å². The third-order valence-corrected chi connectivity index (χ3v) is 3.54. The van der Waals surface area contributed by atoms with E-state index in [1.165, 1.54) is 5.56 Å². The first kappa shape index (κ1) is 15.7. The van der Waals surface area contributed by atoms with Crippen molar-refractivity contribution in [1.82, 2.24) is 0 Å². The van der Waals surface area contributed by atoms with E-state index in [1.807, 2.05) is 6.07 Å². The highest BCUT2D eigenvalue weighted by Gasteiger charge is 2.15. The summed E-state index contributed by atoms with van der Waals surface area (Å²) in [6, 6.07) is 10.5. The van der Waals surface area contributed by atoms with Gasteiger partial charge in [-0.2, -0.15) is 0 Å². The Morgan fingerprint density at radius 2 is 2.00 bits per heavy atom. The molecule has 19 heavy (non-hydrogen) atoms. The molecule has 0 unspecified atom stereocenters. The molecule has 0 fully saturated rings. The van der Waals surface area contributed by atoms with E-state index in [0.29, 0.717) is 12.5 Å². The molecule has 106 valence electrons. The summed E-state index contributed by atoms with van der Waals surface area (Å²) in [6.07, 6.45) is 4.48. The van der Waals surface area contributed by atoms with Crippen molar-refractivity contribution in [3.63, 3.8) is 0 Å². The van der Waals surface area contributed by atoms with Gasteiger partial charge in [-0.3, -0.25) is 4.79 Å². The molecule has 3 nitrogen and oxygen atoms in total. The molecule has 0 radical (unpaired) electrons. The fourth-order valence-electron chi connectivity index (χ4n) is 2.50. The smallest absolute Gasteiger partial charge is 0.303 e. The Kier molecular flexibility index (Phi) is 7.19. The Hall–Kier alpha value is -1.35. The summed E-state index contributed by atoms with van der Waals surface area (Å²) >= 11 is 0. The summed E-state index contributed by atoms with van der Waals surface area (Å²) in [5.74, 6) is -0.0900. The molecule has 0 amide bonds. The molecular weight excluding hydrogens is 238 g/mol. The van der Waals surface area contributed by atoms with Crippen LogP contribution in [0.3, 0.4) is 0 Å². The highest BCUT2D eigenvalue weighted by molar-refractivity contribution is 5.67. The Labute approximate surface area is 115 Å². The lowest BCUT2D eigenvalue weighted by molar-refractivity contribution is -0.138. The van der Waals surface area contributed by atoms with Crippen molar-refractivity contribution in [2.75, 3.05) is 6.54 Å². The van der Waals surface area contributed by atoms with Gasteiger partial charge in [-0.1, -0.05) is 43.7 Å². The van der Waals surface area contributed by atoms with Crippen molar-refractivity contribution >= 4 is 5.97 Å². The first-order chi connectivity index (χ1) is 9.11. The molecule has 0 heterocycles. The standard InChI is InChI=1S/C16H25NO2/c1-13(10-15(12-17)11-16(18)19)6-5-9-14-7-3-2-4-8-14/h2-4,7-8,13,15H,5-6,9-12,17H2,1H3,(H,18,19)/t13-,15+/m1/s1. The number of carboxylic acid groups (broad SMARTS) is 1. The molecule has 0 saturated carbocycles. The van der Waals surface area contributed by atoms with Crippen molar-refractivity contribution in [3.8, 4) is 0 Å². The highest BCUT2D eigenvalue weighted by atomic mass is 16.4. The van der Waals surface area contributed by atoms with Gasteiger partial charge >= 0.3 is 5.97 Å². The van der Waals surface area contributed by atoms with Crippen LogP contribution >= 0.6 is 0 Å². The molecule has 0 saturated heterocycles. The second-order valence-corrected chi connectivity index (χ2v) is 5.42. The van der Waals surface area contributed by atoms with Crippen LogP contribution in [0.5, 0.6) is 0 Å². The molecule has 3 heteroatoms. The van der Waals surface area contributed by atoms with E-state index in [0.717, 1.165) is 25.7 Å². The molecule has 3 N–H and O–H groups in total. The average molecular weight is 263 g/mol. The maximum absolute atomic E-state index is 10.7. The number of carboxylic acids is 1. The summed E-state index contributed by atoms with van der Waals surface area (Å²) in [4.78, 5) is 10.7. The minimum atomic E-state index is -0.744. The zero-order valence-corrected chi connectivity index (χ0v) is 11.7. The summed E-state index contributed by atoms with van der Waals surface area (Å²) in [5, 5.41) is 8.80. The number of aryl methyl sites for hydroxylation is 1. The van der Waals surface area contributed by atoms with Crippen molar-refractivity contribution in [2.45, 2.75) is 39.0 Å². The largest absolute Gasteiger partial charge is 0.481 e. The Bertz CT molecular complexity index is 364. The maximum Gasteiger partial charge on any atom is 0.303 e. The third kappa shape index (κ3) is 6.97. The summed E-state index contributed by atoms with van der Waals surface area (Å²) in [5.41, 5.74) is 7.00. The van der Waals surface area contributed by atoms with Gasteiger partial charge in [0.05, 0.1) is 0 Å². The first-order valence-corrected chi connectivity index (χ1v) is 7.07. The van der Waals surface area contributed by atoms with Crippen LogP contribution in [0, 0.1) is 11.8 Å². The van der Waals surface area contributed by atoms with Gasteiger partial charge in [-0.15, -0.1) is 0 Å². The molecule has 0 aromatic heterocycles. The van der Waals surface area contributed by atoms with Gasteiger partial charge in [-0.25, -0.2) is 0 Å². The second-order valence-electron chi connectivity index (χ2n) is 5.42. The van der Waals surface area contributed by atoms with Crippen LogP contribution in [-0.4, -0.2) is 17.6 Å². The van der Waals surface area contributed by atoms with E-state index in [4.69, 9.17) is 10.8 Å². The lowest BCUT2D eigenvalue weighted by atomic mass is 9.89. The minimum Gasteiger partial charge on any atom is -0.481 e. The van der Waals surface area contributed by atoms with E-state index in [-0.39, 0.29) is 12.3 Å². The number of aliphatic carboxylic acids is 1. The summed E-state index contributed by atoms with van der Waals surface area (Å²) < 4.78 is 0. The molecule has 1 rings (SSSR count). The molecule has 0 spiro atoms. The van der Waals surface area contributed by atoms with Gasteiger partial charge in [0, 0.05) is 6.42 Å². The number of hydrogen-bond donors (Lipinski definition) is 2. The zero-order chi connectivity index (χ0) is 14.1. The van der Waals surface area contributed by atoms with Crippen molar-refractivity contribution in [2.24, 2.45) is 17.6 Å². The third-order valence-electron chi connectivity index (χ3n) is 3.54. The van der Waals surface area contributed by atoms with E-state index < -0.39 is 5.97 Å². The molecule has 2 atom stereocenters. The molecule has 1 aromatic rings. The molecule has 0 aliphatic heterocycles. The van der Waals surface area contributed by atoms with Gasteiger partial charge < -0.3 is 10.8 Å². The quantitative estimate of drug-likeness (QED) is 0.719. The zero-order valence-electron chi connectivity index (χ0n) is 11.7. The van der Waals surface area contributed by atoms with Gasteiger partial charge in [0.25, 0.3) is 0 Å². The van der Waals surface area contributed by atoms with Crippen molar-refractivity contribution in [3.05, 3.63) is 35.9 Å². The fraction of sp³-hybridized carbons (Fsp3) is 0.562. The number of hydrogen-bond acceptors (Lipinski definition) is 2. The fourth-order valence-corrected chi connectivity index (χ4v) is 2.50. The van der Waals surface area contributed by atoms with E-state index >= 15 is 0 Å². The normalized spacial score (nSPS) is 14.0. The van der Waals surface area contributed by atoms with Crippen LogP contribution in [0.2, 0.25) is 0 Å². The van der Waals surface area contributed by atoms with Gasteiger partial charge in [0.2, 0.25) is 0 Å². The van der Waals surface area contributed by atoms with Crippen LogP contribution in [0.1, 0.15) is 38.2 Å². The number of benzene rings is 1. The Morgan fingerprint density at radius 3 is 2.58 bits per heavy atom. The summed E-state index contributed by atoms with van der Waals surface area (Å²) in [6.45, 7) is 2.66. The molecule has 0 aliphatic rings.